The summed E-state index contributed by atoms with van der Waals surface area (Å²) in [6, 6.07) is 1.89. The first-order valence-corrected chi connectivity index (χ1v) is 4.22. The van der Waals surface area contributed by atoms with Crippen LogP contribution in [0.2, 0.25) is 0 Å². The van der Waals surface area contributed by atoms with E-state index in [1.807, 2.05) is 6.92 Å². The molecule has 1 aromatic rings. The van der Waals surface area contributed by atoms with Gasteiger partial charge in [0.2, 0.25) is 0 Å². The standard InChI is InChI=1S/C10H9F4.Y/c1-2-3-6-4-7(11)9(10(13)14)8(12)5-6;/h4-5H,2-3H2,1H3;/q-1;. The molecule has 0 aromatic heterocycles. The summed E-state index contributed by atoms with van der Waals surface area (Å²) in [6.45, 7) is 1.84. The van der Waals surface area contributed by atoms with E-state index in [1.54, 1.807) is 0 Å². The first-order valence-electron chi connectivity index (χ1n) is 4.22. The van der Waals surface area contributed by atoms with E-state index in [2.05, 4.69) is 0 Å². The summed E-state index contributed by atoms with van der Waals surface area (Å²) in [5.41, 5.74) is -0.822. The SMILES string of the molecule is CCCc1cc(F)c([C-](F)F)c(F)c1.[Y]. The Balaban J connectivity index is 0.00000196. The minimum absolute atomic E-state index is 0. The van der Waals surface area contributed by atoms with Crippen molar-refractivity contribution in [1.82, 2.24) is 0 Å². The Labute approximate surface area is 111 Å². The topological polar surface area (TPSA) is 0 Å². The van der Waals surface area contributed by atoms with Crippen molar-refractivity contribution >= 4 is 0 Å². The van der Waals surface area contributed by atoms with Crippen LogP contribution in [0, 0.1) is 18.1 Å². The second-order valence-electron chi connectivity index (χ2n) is 2.94. The fourth-order valence-corrected chi connectivity index (χ4v) is 1.24. The number of aryl methyl sites for hydroxylation is 1. The minimum Gasteiger partial charge on any atom is -0.283 e. The number of rotatable bonds is 3. The first kappa shape index (κ1) is 14.9. The molecule has 1 rings (SSSR count). The maximum atomic E-state index is 12.9. The van der Waals surface area contributed by atoms with Crippen LogP contribution in [-0.4, -0.2) is 0 Å². The van der Waals surface area contributed by atoms with Crippen molar-refractivity contribution in [1.29, 1.82) is 0 Å². The zero-order chi connectivity index (χ0) is 10.7. The Hall–Kier alpha value is -0.0861. The molecule has 0 N–H and O–H groups in total. The Morgan fingerprint density at radius 3 is 1.93 bits per heavy atom. The zero-order valence-electron chi connectivity index (χ0n) is 8.16. The summed E-state index contributed by atoms with van der Waals surface area (Å²) in [5.74, 6) is -2.40. The van der Waals surface area contributed by atoms with Gasteiger partial charge >= 0.3 is 0 Å². The van der Waals surface area contributed by atoms with Crippen molar-refractivity contribution in [2.45, 2.75) is 19.8 Å². The molecule has 0 heterocycles. The third kappa shape index (κ3) is 3.76. The summed E-state index contributed by atoms with van der Waals surface area (Å²) >= 11 is 0. The van der Waals surface area contributed by atoms with Crippen LogP contribution in [0.15, 0.2) is 12.1 Å². The van der Waals surface area contributed by atoms with Gasteiger partial charge in [0.1, 0.15) is 0 Å². The van der Waals surface area contributed by atoms with Crippen LogP contribution >= 0.6 is 0 Å². The van der Waals surface area contributed by atoms with Crippen molar-refractivity contribution in [3.8, 4) is 0 Å². The second-order valence-corrected chi connectivity index (χ2v) is 2.94. The predicted octanol–water partition coefficient (Wildman–Crippen LogP) is 3.69. The maximum absolute atomic E-state index is 12.9. The third-order valence-electron chi connectivity index (χ3n) is 1.83. The Kier molecular flexibility index (Phi) is 6.45. The van der Waals surface area contributed by atoms with Crippen LogP contribution in [0.25, 0.3) is 0 Å². The number of benzene rings is 1. The average Bonchev–Trinajstić information content (AvgIpc) is 2.01. The van der Waals surface area contributed by atoms with Crippen LogP contribution in [0.5, 0.6) is 0 Å². The molecule has 15 heavy (non-hydrogen) atoms. The molecule has 0 aliphatic carbocycles. The van der Waals surface area contributed by atoms with Gasteiger partial charge in [-0.15, -0.1) is 0 Å². The number of halogens is 4. The van der Waals surface area contributed by atoms with Crippen LogP contribution in [0.1, 0.15) is 24.5 Å². The van der Waals surface area contributed by atoms with E-state index < -0.39 is 23.6 Å². The van der Waals surface area contributed by atoms with Crippen LogP contribution < -0.4 is 0 Å². The van der Waals surface area contributed by atoms with Crippen molar-refractivity contribution in [3.63, 3.8) is 0 Å². The van der Waals surface area contributed by atoms with E-state index >= 15 is 0 Å². The summed E-state index contributed by atoms with van der Waals surface area (Å²) in [5, 5.41) is 0. The molecule has 0 unspecified atom stereocenters. The van der Waals surface area contributed by atoms with Gasteiger partial charge in [-0.1, -0.05) is 36.6 Å². The smallest absolute Gasteiger partial charge is 0.164 e. The maximum Gasteiger partial charge on any atom is 0.164 e. The van der Waals surface area contributed by atoms with Crippen LogP contribution in [0.4, 0.5) is 17.6 Å². The van der Waals surface area contributed by atoms with Gasteiger partial charge in [0, 0.05) is 44.3 Å². The molecular formula is C10H9F4Y-. The molecule has 0 nitrogen and oxygen atoms in total. The van der Waals surface area contributed by atoms with E-state index in [0.29, 0.717) is 18.4 Å². The molecule has 5 heteroatoms. The average molecular weight is 294 g/mol. The normalized spacial score (nSPS) is 9.67. The summed E-state index contributed by atoms with van der Waals surface area (Å²) in [7, 11) is 0. The van der Waals surface area contributed by atoms with Gasteiger partial charge in [-0.25, -0.2) is 0 Å². The molecule has 0 amide bonds. The fraction of sp³-hybridized carbons (Fsp3) is 0.300. The Bertz CT molecular complexity index is 302. The molecule has 0 saturated carbocycles. The molecule has 0 spiro atoms. The van der Waals surface area contributed by atoms with Crippen LogP contribution in [0.3, 0.4) is 0 Å². The summed E-state index contributed by atoms with van der Waals surface area (Å²) in [4.78, 5) is 0. The first-order chi connectivity index (χ1) is 6.56. The molecule has 0 atom stereocenters. The molecule has 0 fully saturated rings. The molecule has 0 aliphatic heterocycles. The quantitative estimate of drug-likeness (QED) is 0.589. The molecule has 1 radical (unpaired) electrons. The second kappa shape index (κ2) is 6.49. The number of hydrogen-bond donors (Lipinski definition) is 0. The van der Waals surface area contributed by atoms with Crippen LogP contribution in [-0.2, 0) is 39.1 Å². The Morgan fingerprint density at radius 1 is 1.13 bits per heavy atom. The van der Waals surface area contributed by atoms with Gasteiger partial charge in [0.15, 0.2) is 6.43 Å². The summed E-state index contributed by atoms with van der Waals surface area (Å²) in [6.07, 6.45) is -1.15. The largest absolute Gasteiger partial charge is 0.283 e. The minimum atomic E-state index is -2.33. The van der Waals surface area contributed by atoms with Gasteiger partial charge < -0.3 is 0 Å². The molecule has 0 saturated heterocycles. The zero-order valence-corrected chi connectivity index (χ0v) is 11.0. The van der Waals surface area contributed by atoms with Crippen molar-refractivity contribution in [2.24, 2.45) is 0 Å². The number of hydrogen-bond acceptors (Lipinski definition) is 0. The van der Waals surface area contributed by atoms with Gasteiger partial charge in [-0.05, 0) is 6.42 Å². The predicted molar refractivity (Wildman–Crippen MR) is 44.9 cm³/mol. The molecule has 0 bridgehead atoms. The van der Waals surface area contributed by atoms with E-state index in [4.69, 9.17) is 0 Å². The third-order valence-corrected chi connectivity index (χ3v) is 1.83. The van der Waals surface area contributed by atoms with Gasteiger partial charge in [-0.3, -0.25) is 17.6 Å². The van der Waals surface area contributed by atoms with Gasteiger partial charge in [0.05, 0.1) is 0 Å². The van der Waals surface area contributed by atoms with Crippen molar-refractivity contribution in [2.75, 3.05) is 0 Å². The fourth-order valence-electron chi connectivity index (χ4n) is 1.24. The van der Waals surface area contributed by atoms with E-state index in [0.717, 1.165) is 12.1 Å². The van der Waals surface area contributed by atoms with E-state index in [-0.39, 0.29) is 32.7 Å². The monoisotopic (exact) mass is 294 g/mol. The van der Waals surface area contributed by atoms with E-state index in [1.165, 1.54) is 0 Å². The molecule has 1 aromatic carbocycles. The molecular weight excluding hydrogens is 285 g/mol. The van der Waals surface area contributed by atoms with E-state index in [9.17, 15) is 17.6 Å². The van der Waals surface area contributed by atoms with Crippen molar-refractivity contribution in [3.05, 3.63) is 41.3 Å². The van der Waals surface area contributed by atoms with Crippen molar-refractivity contribution < 1.29 is 50.3 Å². The Morgan fingerprint density at radius 2 is 1.60 bits per heavy atom. The van der Waals surface area contributed by atoms with Gasteiger partial charge in [0.25, 0.3) is 0 Å². The molecule has 81 valence electrons. The van der Waals surface area contributed by atoms with Gasteiger partial charge in [-0.2, -0.15) is 0 Å². The summed E-state index contributed by atoms with van der Waals surface area (Å²) < 4.78 is 50.0. The molecule has 0 aliphatic rings.